The Hall–Kier alpha value is -3.23. The van der Waals surface area contributed by atoms with Crippen molar-refractivity contribution >= 4 is 34.2 Å². The molecule has 0 spiro atoms. The summed E-state index contributed by atoms with van der Waals surface area (Å²) in [4.78, 5) is 40.8. The second-order valence-corrected chi connectivity index (χ2v) is 25.2. The summed E-state index contributed by atoms with van der Waals surface area (Å²) in [6, 6.07) is 11.0. The van der Waals surface area contributed by atoms with Gasteiger partial charge in [-0.1, -0.05) is 80.5 Å². The average molecular weight is 687 g/mol. The molecule has 2 aromatic carbocycles. The number of nitro groups is 1. The van der Waals surface area contributed by atoms with Crippen LogP contribution >= 0.6 is 0 Å². The fraction of sp³-hybridized carbons (Fsp3) is 0.600. The molecule has 10 nitrogen and oxygen atoms in total. The molecule has 1 aliphatic rings. The van der Waals surface area contributed by atoms with E-state index in [9.17, 15) is 19.7 Å². The first kappa shape index (κ1) is 38.2. The Morgan fingerprint density at radius 3 is 2.04 bits per heavy atom. The van der Waals surface area contributed by atoms with E-state index in [2.05, 4.69) is 75.4 Å². The summed E-state index contributed by atoms with van der Waals surface area (Å²) in [6.07, 6.45) is -0.269. The number of nitro benzene ring substituents is 1. The monoisotopic (exact) mass is 686 g/mol. The highest BCUT2D eigenvalue weighted by Crippen LogP contribution is 2.46. The Morgan fingerprint density at radius 1 is 0.979 bits per heavy atom. The third kappa shape index (κ3) is 8.26. The summed E-state index contributed by atoms with van der Waals surface area (Å²) in [5.41, 5.74) is 0.584. The van der Waals surface area contributed by atoms with Crippen molar-refractivity contribution in [3.05, 3.63) is 63.7 Å². The number of rotatable bonds is 13. The molecule has 0 aromatic heterocycles. The SMILES string of the molecule is COc1cc(C(=O)N2C[C@@H](OC(=O)c3ccccc3)C[C@H]2CO[Si](C)(C)C(C)(C)C)c([N+](=O)[O-])cc1O[Si](C(C)C)(C(C)C)C(C)C. The number of methoxy groups -OCH3 is 1. The maximum atomic E-state index is 14.3. The van der Waals surface area contributed by atoms with Crippen molar-refractivity contribution in [3.8, 4) is 11.5 Å². The molecule has 1 fully saturated rings. The van der Waals surface area contributed by atoms with E-state index in [0.29, 0.717) is 12.0 Å². The second-order valence-electron chi connectivity index (χ2n) is 15.0. The number of benzene rings is 2. The molecule has 12 heteroatoms. The molecule has 0 saturated carbocycles. The lowest BCUT2D eigenvalue weighted by molar-refractivity contribution is -0.385. The van der Waals surface area contributed by atoms with Gasteiger partial charge < -0.3 is 23.2 Å². The molecule has 1 saturated heterocycles. The molecule has 0 aliphatic carbocycles. The zero-order valence-electron chi connectivity index (χ0n) is 30.2. The van der Waals surface area contributed by atoms with Gasteiger partial charge in [-0.3, -0.25) is 14.9 Å². The molecule has 2 atom stereocenters. The summed E-state index contributed by atoms with van der Waals surface area (Å²) in [7, 11) is -3.25. The number of likely N-dealkylation sites (tertiary alicyclic amines) is 1. The molecular formula is C35H54N2O8Si2. The van der Waals surface area contributed by atoms with Crippen LogP contribution < -0.4 is 9.16 Å². The molecule has 3 rings (SSSR count). The lowest BCUT2D eigenvalue weighted by Crippen LogP contribution is -2.50. The van der Waals surface area contributed by atoms with Crippen molar-refractivity contribution in [2.45, 2.75) is 116 Å². The summed E-state index contributed by atoms with van der Waals surface area (Å²) in [5.74, 6) is -0.509. The predicted octanol–water partition coefficient (Wildman–Crippen LogP) is 8.62. The van der Waals surface area contributed by atoms with Gasteiger partial charge in [0.05, 0.1) is 42.9 Å². The average Bonchev–Trinajstić information content (AvgIpc) is 3.39. The first-order valence-corrected chi connectivity index (χ1v) is 21.6. The standard InChI is InChI=1S/C35H54N2O8Si2/c1-23(2)47(24(3)4,25(5)6)45-32-20-30(37(40)41)29(19-31(32)42-10)33(38)36-21-28(44-34(39)26-16-14-13-15-17-26)18-27(36)22-43-46(11,12)35(7,8)9/h13-17,19-20,23-25,27-28H,18,21-22H2,1-12H3/t27-,28-/m0/s1. The van der Waals surface area contributed by atoms with Gasteiger partial charge >= 0.3 is 5.97 Å². The largest absolute Gasteiger partial charge is 0.540 e. The van der Waals surface area contributed by atoms with Crippen LogP contribution in [0.4, 0.5) is 5.69 Å². The summed E-state index contributed by atoms with van der Waals surface area (Å²) >= 11 is 0. The van der Waals surface area contributed by atoms with E-state index in [1.165, 1.54) is 19.2 Å². The van der Waals surface area contributed by atoms with Crippen LogP contribution in [0.1, 0.15) is 89.5 Å². The number of ether oxygens (including phenoxy) is 2. The molecule has 0 N–H and O–H groups in total. The van der Waals surface area contributed by atoms with Gasteiger partial charge in [0.2, 0.25) is 0 Å². The molecule has 47 heavy (non-hydrogen) atoms. The van der Waals surface area contributed by atoms with E-state index < -0.39 is 45.6 Å². The molecule has 2 aromatic rings. The van der Waals surface area contributed by atoms with Crippen LogP contribution in [0.5, 0.6) is 11.5 Å². The van der Waals surface area contributed by atoms with Gasteiger partial charge in [0, 0.05) is 12.5 Å². The van der Waals surface area contributed by atoms with Crippen molar-refractivity contribution in [2.75, 3.05) is 20.3 Å². The topological polar surface area (TPSA) is 117 Å². The minimum Gasteiger partial charge on any atom is -0.540 e. The van der Waals surface area contributed by atoms with E-state index in [1.807, 2.05) is 6.07 Å². The highest BCUT2D eigenvalue weighted by Gasteiger charge is 2.48. The van der Waals surface area contributed by atoms with Crippen molar-refractivity contribution in [3.63, 3.8) is 0 Å². The molecule has 1 aliphatic heterocycles. The summed E-state index contributed by atoms with van der Waals surface area (Å²) in [5, 5.41) is 12.5. The van der Waals surface area contributed by atoms with Gasteiger partial charge in [-0.05, 0) is 46.9 Å². The van der Waals surface area contributed by atoms with Gasteiger partial charge in [-0.2, -0.15) is 0 Å². The highest BCUT2D eigenvalue weighted by molar-refractivity contribution is 6.78. The van der Waals surface area contributed by atoms with Crippen LogP contribution in [0.2, 0.25) is 34.8 Å². The van der Waals surface area contributed by atoms with Crippen molar-refractivity contribution in [1.29, 1.82) is 0 Å². The minimum absolute atomic E-state index is 0.0674. The molecule has 260 valence electrons. The van der Waals surface area contributed by atoms with Gasteiger partial charge in [0.25, 0.3) is 19.9 Å². The maximum Gasteiger partial charge on any atom is 0.338 e. The first-order chi connectivity index (χ1) is 21.8. The summed E-state index contributed by atoms with van der Waals surface area (Å²) in [6.45, 7) is 23.7. The Kier molecular flexibility index (Phi) is 12.1. The van der Waals surface area contributed by atoms with Crippen LogP contribution in [0, 0.1) is 10.1 Å². The van der Waals surface area contributed by atoms with E-state index >= 15 is 0 Å². The van der Waals surface area contributed by atoms with Crippen LogP contribution in [0.3, 0.4) is 0 Å². The molecule has 1 heterocycles. The number of carbonyl (C=O) groups is 2. The lowest BCUT2D eigenvalue weighted by Gasteiger charge is -2.42. The third-order valence-electron chi connectivity index (χ3n) is 10.1. The number of amides is 1. The van der Waals surface area contributed by atoms with Crippen molar-refractivity contribution in [1.82, 2.24) is 4.90 Å². The summed E-state index contributed by atoms with van der Waals surface area (Å²) < 4.78 is 24.9. The van der Waals surface area contributed by atoms with Crippen LogP contribution in [0.25, 0.3) is 0 Å². The molecule has 1 amide bonds. The highest BCUT2D eigenvalue weighted by atomic mass is 28.4. The Bertz CT molecular complexity index is 1400. The fourth-order valence-electron chi connectivity index (χ4n) is 6.49. The molecule has 0 unspecified atom stereocenters. The van der Waals surface area contributed by atoms with Crippen LogP contribution in [-0.4, -0.2) is 70.7 Å². The second kappa shape index (κ2) is 14.9. The van der Waals surface area contributed by atoms with Crippen molar-refractivity contribution < 1.29 is 32.8 Å². The van der Waals surface area contributed by atoms with Crippen LogP contribution in [-0.2, 0) is 9.16 Å². The molecule has 0 radical (unpaired) electrons. The van der Waals surface area contributed by atoms with Gasteiger partial charge in [-0.25, -0.2) is 4.79 Å². The van der Waals surface area contributed by atoms with E-state index in [-0.39, 0.29) is 57.6 Å². The lowest BCUT2D eigenvalue weighted by atomic mass is 10.1. The number of carbonyl (C=O) groups excluding carboxylic acids is 2. The van der Waals surface area contributed by atoms with E-state index in [0.717, 1.165) is 0 Å². The maximum absolute atomic E-state index is 14.3. The molecular weight excluding hydrogens is 633 g/mol. The zero-order valence-corrected chi connectivity index (χ0v) is 32.2. The zero-order chi connectivity index (χ0) is 35.5. The van der Waals surface area contributed by atoms with Gasteiger partial charge in [0.1, 0.15) is 11.7 Å². The minimum atomic E-state index is -2.51. The Morgan fingerprint density at radius 2 is 1.55 bits per heavy atom. The third-order valence-corrected chi connectivity index (χ3v) is 20.6. The number of hydrogen-bond acceptors (Lipinski definition) is 8. The Balaban J connectivity index is 2.04. The number of esters is 1. The fourth-order valence-corrected chi connectivity index (χ4v) is 12.8. The van der Waals surface area contributed by atoms with E-state index in [1.54, 1.807) is 29.2 Å². The quantitative estimate of drug-likeness (QED) is 0.0890. The first-order valence-electron chi connectivity index (χ1n) is 16.5. The molecule has 0 bridgehead atoms. The predicted molar refractivity (Wildman–Crippen MR) is 190 cm³/mol. The smallest absolute Gasteiger partial charge is 0.338 e. The number of hydrogen-bond donors (Lipinski definition) is 0. The van der Waals surface area contributed by atoms with Crippen molar-refractivity contribution in [2.24, 2.45) is 0 Å². The Labute approximate surface area is 282 Å². The normalized spacial score (nSPS) is 17.4. The van der Waals surface area contributed by atoms with Crippen LogP contribution in [0.15, 0.2) is 42.5 Å². The van der Waals surface area contributed by atoms with E-state index in [4.69, 9.17) is 18.3 Å². The number of nitrogens with zero attached hydrogens (tertiary/aromatic N) is 2. The van der Waals surface area contributed by atoms with Gasteiger partial charge in [0.15, 0.2) is 19.8 Å². The van der Waals surface area contributed by atoms with Gasteiger partial charge in [-0.15, -0.1) is 0 Å².